The fourth-order valence-electron chi connectivity index (χ4n) is 4.06. The van der Waals surface area contributed by atoms with Crippen molar-refractivity contribution in [2.24, 2.45) is 0 Å². The molecule has 3 N–H and O–H groups in total. The van der Waals surface area contributed by atoms with Crippen molar-refractivity contribution in [2.75, 3.05) is 54.8 Å². The number of amides is 5. The predicted octanol–water partition coefficient (Wildman–Crippen LogP) is 4.51. The molecule has 3 rings (SSSR count). The molecule has 200 valence electrons. The first kappa shape index (κ1) is 27.8. The second-order valence-corrected chi connectivity index (χ2v) is 10.5. The zero-order valence-corrected chi connectivity index (χ0v) is 22.6. The van der Waals surface area contributed by atoms with Crippen LogP contribution in [0.25, 0.3) is 0 Å². The van der Waals surface area contributed by atoms with Gasteiger partial charge in [-0.05, 0) is 70.5 Å². The first-order valence-electron chi connectivity index (χ1n) is 12.9. The summed E-state index contributed by atoms with van der Waals surface area (Å²) < 4.78 is 0. The molecule has 37 heavy (non-hydrogen) atoms. The Kier molecular flexibility index (Phi) is 9.38. The number of anilines is 3. The van der Waals surface area contributed by atoms with Crippen molar-refractivity contribution in [2.45, 2.75) is 46.6 Å². The zero-order chi connectivity index (χ0) is 27.0. The Bertz CT molecular complexity index is 1050. The minimum Gasteiger partial charge on any atom is -0.368 e. The number of carbonyl (C=O) groups is 3. The topological polar surface area (TPSA) is 97.0 Å². The molecular formula is C28H40N6O3. The molecule has 0 saturated carbocycles. The van der Waals surface area contributed by atoms with Crippen LogP contribution in [0, 0.1) is 6.92 Å². The summed E-state index contributed by atoms with van der Waals surface area (Å²) in [4.78, 5) is 43.3. The number of urea groups is 2. The molecular weight excluding hydrogens is 468 g/mol. The molecule has 5 amide bonds. The van der Waals surface area contributed by atoms with Crippen LogP contribution < -0.4 is 20.9 Å². The minimum absolute atomic E-state index is 0.00980. The van der Waals surface area contributed by atoms with Gasteiger partial charge in [-0.25, -0.2) is 9.59 Å². The van der Waals surface area contributed by atoms with Crippen LogP contribution in [0.1, 0.15) is 39.7 Å². The summed E-state index contributed by atoms with van der Waals surface area (Å²) >= 11 is 0. The van der Waals surface area contributed by atoms with E-state index in [2.05, 4.69) is 20.9 Å². The van der Waals surface area contributed by atoms with Crippen LogP contribution in [0.5, 0.6) is 0 Å². The van der Waals surface area contributed by atoms with E-state index < -0.39 is 0 Å². The van der Waals surface area contributed by atoms with Gasteiger partial charge in [-0.15, -0.1) is 0 Å². The zero-order valence-electron chi connectivity index (χ0n) is 22.6. The largest absolute Gasteiger partial charge is 0.368 e. The van der Waals surface area contributed by atoms with Crippen molar-refractivity contribution in [3.63, 3.8) is 0 Å². The Morgan fingerprint density at radius 2 is 1.43 bits per heavy atom. The van der Waals surface area contributed by atoms with Gasteiger partial charge in [-0.2, -0.15) is 0 Å². The van der Waals surface area contributed by atoms with Gasteiger partial charge in [0.15, 0.2) is 0 Å². The Morgan fingerprint density at radius 1 is 0.865 bits per heavy atom. The third-order valence-electron chi connectivity index (χ3n) is 5.98. The smallest absolute Gasteiger partial charge is 0.321 e. The number of piperazine rings is 1. The van der Waals surface area contributed by atoms with Gasteiger partial charge in [0, 0.05) is 55.3 Å². The van der Waals surface area contributed by atoms with Gasteiger partial charge < -0.3 is 30.7 Å². The van der Waals surface area contributed by atoms with Crippen LogP contribution in [-0.2, 0) is 4.79 Å². The Hall–Kier alpha value is -3.75. The van der Waals surface area contributed by atoms with Crippen molar-refractivity contribution in [1.29, 1.82) is 0 Å². The maximum Gasteiger partial charge on any atom is 0.321 e. The van der Waals surface area contributed by atoms with Crippen LogP contribution in [0.15, 0.2) is 48.5 Å². The molecule has 0 aliphatic carbocycles. The summed E-state index contributed by atoms with van der Waals surface area (Å²) in [6, 6.07) is 15.1. The van der Waals surface area contributed by atoms with Crippen molar-refractivity contribution < 1.29 is 14.4 Å². The lowest BCUT2D eigenvalue weighted by Gasteiger charge is -2.36. The molecule has 9 heteroatoms. The molecule has 1 fully saturated rings. The van der Waals surface area contributed by atoms with Gasteiger partial charge in [0.2, 0.25) is 5.91 Å². The SMILES string of the molecule is CCCN(CC(=O)Nc1ccc(N2CCN(C(=O)Nc3ccc(C)cc3)CC2)cc1)C(=O)NC(C)(C)C. The van der Waals surface area contributed by atoms with Gasteiger partial charge in [0.1, 0.15) is 6.54 Å². The number of hydrogen-bond acceptors (Lipinski definition) is 4. The van der Waals surface area contributed by atoms with Gasteiger partial charge in [0.25, 0.3) is 0 Å². The lowest BCUT2D eigenvalue weighted by atomic mass is 10.1. The van der Waals surface area contributed by atoms with Crippen molar-refractivity contribution in [1.82, 2.24) is 15.1 Å². The summed E-state index contributed by atoms with van der Waals surface area (Å²) in [5, 5.41) is 8.76. The van der Waals surface area contributed by atoms with Crippen LogP contribution in [0.3, 0.4) is 0 Å². The molecule has 2 aromatic rings. The standard InChI is InChI=1S/C28H40N6O3/c1-6-15-34(27(37)31-28(3,4)5)20-25(35)29-22-11-13-24(14-12-22)32-16-18-33(19-17-32)26(36)30-23-9-7-21(2)8-10-23/h7-14H,6,15-20H2,1-5H3,(H,29,35)(H,30,36)(H,31,37). The number of benzene rings is 2. The highest BCUT2D eigenvalue weighted by Crippen LogP contribution is 2.20. The van der Waals surface area contributed by atoms with Crippen LogP contribution >= 0.6 is 0 Å². The molecule has 1 aliphatic rings. The Morgan fingerprint density at radius 3 is 2.00 bits per heavy atom. The average molecular weight is 509 g/mol. The van der Waals surface area contributed by atoms with Crippen molar-refractivity contribution in [3.8, 4) is 0 Å². The number of hydrogen-bond donors (Lipinski definition) is 3. The quantitative estimate of drug-likeness (QED) is 0.513. The van der Waals surface area contributed by atoms with Gasteiger partial charge in [-0.3, -0.25) is 4.79 Å². The monoisotopic (exact) mass is 508 g/mol. The third kappa shape index (κ3) is 8.70. The van der Waals surface area contributed by atoms with Crippen LogP contribution in [-0.4, -0.2) is 72.6 Å². The number of aryl methyl sites for hydroxylation is 1. The van der Waals surface area contributed by atoms with E-state index in [-0.39, 0.29) is 30.1 Å². The van der Waals surface area contributed by atoms with E-state index in [0.29, 0.717) is 25.3 Å². The van der Waals surface area contributed by atoms with Crippen molar-refractivity contribution >= 4 is 35.0 Å². The summed E-state index contributed by atoms with van der Waals surface area (Å²) in [7, 11) is 0. The Labute approximate surface area is 220 Å². The van der Waals surface area contributed by atoms with Crippen LogP contribution in [0.4, 0.5) is 26.7 Å². The highest BCUT2D eigenvalue weighted by molar-refractivity contribution is 5.94. The first-order chi connectivity index (χ1) is 17.5. The molecule has 1 heterocycles. The predicted molar refractivity (Wildman–Crippen MR) is 149 cm³/mol. The molecule has 0 radical (unpaired) electrons. The lowest BCUT2D eigenvalue weighted by Crippen LogP contribution is -2.50. The molecule has 1 aliphatic heterocycles. The number of rotatable bonds is 7. The summed E-state index contributed by atoms with van der Waals surface area (Å²) in [6.07, 6.45) is 0.764. The molecule has 0 aromatic heterocycles. The minimum atomic E-state index is -0.369. The molecule has 0 unspecified atom stereocenters. The summed E-state index contributed by atoms with van der Waals surface area (Å²) in [6.45, 7) is 12.9. The number of nitrogens with one attached hydrogen (secondary N) is 3. The molecule has 0 spiro atoms. The van der Waals surface area contributed by atoms with E-state index in [1.807, 2.05) is 88.0 Å². The normalized spacial score (nSPS) is 13.6. The fraction of sp³-hybridized carbons (Fsp3) is 0.464. The van der Waals surface area contributed by atoms with E-state index in [1.54, 1.807) is 0 Å². The molecule has 1 saturated heterocycles. The average Bonchev–Trinajstić information content (AvgIpc) is 2.84. The second-order valence-electron chi connectivity index (χ2n) is 10.5. The van der Waals surface area contributed by atoms with E-state index >= 15 is 0 Å². The number of carbonyl (C=O) groups excluding carboxylic acids is 3. The van der Waals surface area contributed by atoms with E-state index in [9.17, 15) is 14.4 Å². The fourth-order valence-corrected chi connectivity index (χ4v) is 4.06. The maximum atomic E-state index is 12.6. The molecule has 0 bridgehead atoms. The summed E-state index contributed by atoms with van der Waals surface area (Å²) in [5.41, 5.74) is 3.29. The maximum absolute atomic E-state index is 12.6. The van der Waals surface area contributed by atoms with Gasteiger partial charge in [0.05, 0.1) is 0 Å². The molecule has 0 atom stereocenters. The Balaban J connectivity index is 1.48. The molecule has 9 nitrogen and oxygen atoms in total. The van der Waals surface area contributed by atoms with Gasteiger partial charge in [-0.1, -0.05) is 24.6 Å². The highest BCUT2D eigenvalue weighted by Gasteiger charge is 2.23. The summed E-state index contributed by atoms with van der Waals surface area (Å²) in [5.74, 6) is -0.238. The third-order valence-corrected chi connectivity index (χ3v) is 5.98. The molecule has 2 aromatic carbocycles. The highest BCUT2D eigenvalue weighted by atomic mass is 16.2. The first-order valence-corrected chi connectivity index (χ1v) is 12.9. The van der Waals surface area contributed by atoms with Crippen LogP contribution in [0.2, 0.25) is 0 Å². The van der Waals surface area contributed by atoms with E-state index in [4.69, 9.17) is 0 Å². The van der Waals surface area contributed by atoms with E-state index in [1.165, 1.54) is 4.90 Å². The van der Waals surface area contributed by atoms with E-state index in [0.717, 1.165) is 36.4 Å². The second kappa shape index (κ2) is 12.5. The number of nitrogens with zero attached hydrogens (tertiary/aromatic N) is 3. The van der Waals surface area contributed by atoms with Crippen molar-refractivity contribution in [3.05, 3.63) is 54.1 Å². The van der Waals surface area contributed by atoms with Gasteiger partial charge >= 0.3 is 12.1 Å². The lowest BCUT2D eigenvalue weighted by molar-refractivity contribution is -0.116.